The average molecular weight is 271 g/mol. The van der Waals surface area contributed by atoms with Crippen molar-refractivity contribution < 1.29 is 4.79 Å². The van der Waals surface area contributed by atoms with Crippen LogP contribution in [0.4, 0.5) is 0 Å². The molecule has 0 fully saturated rings. The molecule has 0 aliphatic carbocycles. The van der Waals surface area contributed by atoms with Gasteiger partial charge in [0.2, 0.25) is 0 Å². The Hall–Kier alpha value is -0.900. The number of amides is 1. The number of alkyl halides is 1. The first kappa shape index (κ1) is 12.2. The normalized spacial score (nSPS) is 12.2. The molecule has 0 saturated carbocycles. The zero-order valence-electron chi connectivity index (χ0n) is 8.96. The summed E-state index contributed by atoms with van der Waals surface area (Å²) in [5, 5.41) is 3.77. The smallest absolute Gasteiger partial charge is 0.253 e. The number of carbonyl (C=O) groups excluding carboxylic acids is 1. The van der Waals surface area contributed by atoms with Crippen LogP contribution in [0.25, 0.3) is 0 Å². The van der Waals surface area contributed by atoms with Crippen molar-refractivity contribution in [2.24, 2.45) is 5.92 Å². The fourth-order valence-corrected chi connectivity index (χ4v) is 1.37. The van der Waals surface area contributed by atoms with Crippen LogP contribution in [0.3, 0.4) is 0 Å². The molecule has 1 rings (SSSR count). The number of hydrogen-bond donors (Lipinski definition) is 1. The maximum atomic E-state index is 11.7. The van der Waals surface area contributed by atoms with Gasteiger partial charge < -0.3 is 5.32 Å². The van der Waals surface area contributed by atoms with Gasteiger partial charge in [-0.15, -0.1) is 0 Å². The minimum Gasteiger partial charge on any atom is -0.352 e. The number of nitrogens with one attached hydrogen (secondary N) is 1. The third-order valence-corrected chi connectivity index (χ3v) is 3.23. The number of aryl methyl sites for hydroxylation is 1. The molecule has 1 amide bonds. The largest absolute Gasteiger partial charge is 0.352 e. The van der Waals surface area contributed by atoms with Gasteiger partial charge in [0.05, 0.1) is 5.56 Å². The third-order valence-electron chi connectivity index (χ3n) is 2.13. The minimum atomic E-state index is -0.0478. The monoisotopic (exact) mass is 270 g/mol. The number of rotatable bonds is 4. The first-order valence-corrected chi connectivity index (χ1v) is 6.03. The molecule has 82 valence electrons. The van der Waals surface area contributed by atoms with E-state index in [2.05, 4.69) is 33.2 Å². The van der Waals surface area contributed by atoms with Crippen molar-refractivity contribution >= 4 is 21.8 Å². The van der Waals surface area contributed by atoms with Crippen molar-refractivity contribution in [1.82, 2.24) is 10.3 Å². The van der Waals surface area contributed by atoms with E-state index >= 15 is 0 Å². The summed E-state index contributed by atoms with van der Waals surface area (Å²) in [6, 6.07) is 3.56. The quantitative estimate of drug-likeness (QED) is 0.852. The zero-order chi connectivity index (χ0) is 11.3. The molecule has 1 atom stereocenters. The van der Waals surface area contributed by atoms with Crippen LogP contribution < -0.4 is 5.32 Å². The van der Waals surface area contributed by atoms with E-state index in [1.165, 1.54) is 0 Å². The lowest BCUT2D eigenvalue weighted by Crippen LogP contribution is -2.29. The Morgan fingerprint density at radius 2 is 2.40 bits per heavy atom. The molecular weight excluding hydrogens is 256 g/mol. The van der Waals surface area contributed by atoms with E-state index in [1.807, 2.05) is 6.92 Å². The average Bonchev–Trinajstić information content (AvgIpc) is 2.26. The SMILES string of the molecule is Cc1ncccc1C(=O)NCC(C)CBr. The van der Waals surface area contributed by atoms with E-state index < -0.39 is 0 Å². The van der Waals surface area contributed by atoms with Crippen molar-refractivity contribution in [2.75, 3.05) is 11.9 Å². The van der Waals surface area contributed by atoms with E-state index in [0.29, 0.717) is 18.0 Å². The first-order valence-electron chi connectivity index (χ1n) is 4.91. The number of pyridine rings is 1. The van der Waals surface area contributed by atoms with E-state index in [0.717, 1.165) is 11.0 Å². The molecule has 3 nitrogen and oxygen atoms in total. The molecule has 4 heteroatoms. The van der Waals surface area contributed by atoms with Gasteiger partial charge in [-0.25, -0.2) is 0 Å². The Balaban J connectivity index is 2.58. The first-order chi connectivity index (χ1) is 7.15. The van der Waals surface area contributed by atoms with Crippen molar-refractivity contribution in [3.8, 4) is 0 Å². The van der Waals surface area contributed by atoms with Gasteiger partial charge in [0.15, 0.2) is 0 Å². The van der Waals surface area contributed by atoms with Crippen molar-refractivity contribution in [3.63, 3.8) is 0 Å². The molecule has 0 bridgehead atoms. The molecule has 0 aliphatic rings. The van der Waals surface area contributed by atoms with Crippen LogP contribution >= 0.6 is 15.9 Å². The summed E-state index contributed by atoms with van der Waals surface area (Å²) in [4.78, 5) is 15.8. The van der Waals surface area contributed by atoms with E-state index in [1.54, 1.807) is 18.3 Å². The maximum Gasteiger partial charge on any atom is 0.253 e. The van der Waals surface area contributed by atoms with Crippen LogP contribution in [0.1, 0.15) is 23.0 Å². The summed E-state index contributed by atoms with van der Waals surface area (Å²) in [6.45, 7) is 4.59. The van der Waals surface area contributed by atoms with Crippen molar-refractivity contribution in [2.45, 2.75) is 13.8 Å². The summed E-state index contributed by atoms with van der Waals surface area (Å²) in [5.74, 6) is 0.388. The summed E-state index contributed by atoms with van der Waals surface area (Å²) < 4.78 is 0. The number of hydrogen-bond acceptors (Lipinski definition) is 2. The molecule has 0 aliphatic heterocycles. The van der Waals surface area contributed by atoms with Crippen LogP contribution in [0.15, 0.2) is 18.3 Å². The fourth-order valence-electron chi connectivity index (χ4n) is 1.14. The molecule has 1 aromatic rings. The summed E-state index contributed by atoms with van der Waals surface area (Å²) in [5.41, 5.74) is 1.42. The predicted molar refractivity (Wildman–Crippen MR) is 64.3 cm³/mol. The maximum absolute atomic E-state index is 11.7. The van der Waals surface area contributed by atoms with Crippen molar-refractivity contribution in [3.05, 3.63) is 29.6 Å². The second kappa shape index (κ2) is 5.85. The predicted octanol–water partition coefficient (Wildman–Crippen LogP) is 2.15. The minimum absolute atomic E-state index is 0.0478. The second-order valence-corrected chi connectivity index (χ2v) is 4.25. The molecule has 0 aromatic carbocycles. The van der Waals surface area contributed by atoms with Crippen LogP contribution in [0, 0.1) is 12.8 Å². The van der Waals surface area contributed by atoms with Crippen LogP contribution in [-0.4, -0.2) is 22.8 Å². The Morgan fingerprint density at radius 3 is 3.00 bits per heavy atom. The van der Waals surface area contributed by atoms with Crippen LogP contribution in [0.2, 0.25) is 0 Å². The van der Waals surface area contributed by atoms with Gasteiger partial charge in [0.1, 0.15) is 0 Å². The summed E-state index contributed by atoms with van der Waals surface area (Å²) in [7, 11) is 0. The van der Waals surface area contributed by atoms with Crippen molar-refractivity contribution in [1.29, 1.82) is 0 Å². The zero-order valence-corrected chi connectivity index (χ0v) is 10.5. The number of aromatic nitrogens is 1. The van der Waals surface area contributed by atoms with E-state index in [9.17, 15) is 4.79 Å². The van der Waals surface area contributed by atoms with Gasteiger partial charge >= 0.3 is 0 Å². The van der Waals surface area contributed by atoms with Gasteiger partial charge in [-0.3, -0.25) is 9.78 Å². The van der Waals surface area contributed by atoms with Gasteiger partial charge in [0, 0.05) is 23.8 Å². The molecule has 0 radical (unpaired) electrons. The molecule has 1 N–H and O–H groups in total. The molecule has 0 saturated heterocycles. The van der Waals surface area contributed by atoms with E-state index in [4.69, 9.17) is 0 Å². The molecule has 15 heavy (non-hydrogen) atoms. The third kappa shape index (κ3) is 3.63. The highest BCUT2D eigenvalue weighted by Gasteiger charge is 2.09. The van der Waals surface area contributed by atoms with Crippen LogP contribution in [-0.2, 0) is 0 Å². The molecule has 1 aromatic heterocycles. The van der Waals surface area contributed by atoms with Gasteiger partial charge in [-0.2, -0.15) is 0 Å². The summed E-state index contributed by atoms with van der Waals surface area (Å²) >= 11 is 3.37. The number of halogens is 1. The highest BCUT2D eigenvalue weighted by molar-refractivity contribution is 9.09. The Morgan fingerprint density at radius 1 is 1.67 bits per heavy atom. The van der Waals surface area contributed by atoms with Crippen LogP contribution in [0.5, 0.6) is 0 Å². The van der Waals surface area contributed by atoms with Gasteiger partial charge in [0.25, 0.3) is 5.91 Å². The number of nitrogens with zero attached hydrogens (tertiary/aromatic N) is 1. The fraction of sp³-hybridized carbons (Fsp3) is 0.455. The Kier molecular flexibility index (Phi) is 4.75. The van der Waals surface area contributed by atoms with Gasteiger partial charge in [-0.1, -0.05) is 22.9 Å². The molecular formula is C11H15BrN2O. The lowest BCUT2D eigenvalue weighted by Gasteiger charge is -2.10. The topological polar surface area (TPSA) is 42.0 Å². The van der Waals surface area contributed by atoms with Gasteiger partial charge in [-0.05, 0) is 25.0 Å². The second-order valence-electron chi connectivity index (χ2n) is 3.61. The lowest BCUT2D eigenvalue weighted by molar-refractivity contribution is 0.0948. The molecule has 1 unspecified atom stereocenters. The standard InChI is InChI=1S/C11H15BrN2O/c1-8(6-12)7-14-11(15)10-4-3-5-13-9(10)2/h3-5,8H,6-7H2,1-2H3,(H,14,15). The lowest BCUT2D eigenvalue weighted by atomic mass is 10.1. The Labute approximate surface area is 98.4 Å². The number of carbonyl (C=O) groups is 1. The highest BCUT2D eigenvalue weighted by atomic mass is 79.9. The molecule has 0 spiro atoms. The summed E-state index contributed by atoms with van der Waals surface area (Å²) in [6.07, 6.45) is 1.69. The highest BCUT2D eigenvalue weighted by Crippen LogP contribution is 2.04. The van der Waals surface area contributed by atoms with E-state index in [-0.39, 0.29) is 5.91 Å². The molecule has 1 heterocycles. The Bertz CT molecular complexity index is 341.